The number of aromatic nitrogens is 5. The van der Waals surface area contributed by atoms with E-state index in [2.05, 4.69) is 30.9 Å². The number of carboxylic acid groups (broad SMARTS) is 1. The minimum atomic E-state index is -1.10. The minimum Gasteiger partial charge on any atom is -0.477 e. The number of hydrogen-bond donors (Lipinski definition) is 1. The topological polar surface area (TPSA) is 106 Å². The van der Waals surface area contributed by atoms with E-state index in [1.165, 1.54) is 6.20 Å². The van der Waals surface area contributed by atoms with Gasteiger partial charge >= 0.3 is 5.97 Å². The molecule has 1 amide bonds. The van der Waals surface area contributed by atoms with Crippen LogP contribution in [0.2, 0.25) is 0 Å². The molecule has 0 spiro atoms. The number of amides is 1. The number of rotatable bonds is 8. The molecule has 1 aromatic carbocycles. The normalized spacial score (nSPS) is 18.4. The van der Waals surface area contributed by atoms with Crippen molar-refractivity contribution in [3.8, 4) is 16.9 Å². The molecule has 1 N–H and O–H groups in total. The molecular weight excluding hydrogens is 492 g/mol. The molecule has 1 aliphatic rings. The van der Waals surface area contributed by atoms with Crippen LogP contribution in [0, 0.1) is 17.8 Å². The fraction of sp³-hybridized carbons (Fsp3) is 0.433. The third-order valence-electron chi connectivity index (χ3n) is 7.67. The van der Waals surface area contributed by atoms with E-state index in [9.17, 15) is 14.7 Å². The molecule has 1 saturated carbocycles. The molecule has 0 aliphatic heterocycles. The molecule has 204 valence electrons. The van der Waals surface area contributed by atoms with Gasteiger partial charge in [-0.15, -0.1) is 5.10 Å². The first-order valence-corrected chi connectivity index (χ1v) is 13.8. The lowest BCUT2D eigenvalue weighted by Gasteiger charge is -2.34. The molecule has 1 fully saturated rings. The highest BCUT2D eigenvalue weighted by molar-refractivity contribution is 6.01. The monoisotopic (exact) mass is 528 g/mol. The number of aromatic carboxylic acids is 1. The Morgan fingerprint density at radius 3 is 2.44 bits per heavy atom. The van der Waals surface area contributed by atoms with Crippen LogP contribution in [-0.2, 0) is 4.79 Å². The fourth-order valence-electron chi connectivity index (χ4n) is 5.60. The third kappa shape index (κ3) is 5.57. The number of carboxylic acids is 1. The van der Waals surface area contributed by atoms with E-state index in [1.807, 2.05) is 49.5 Å². The largest absolute Gasteiger partial charge is 0.477 e. The number of carbonyl (C=O) groups is 2. The average Bonchev–Trinajstić information content (AvgIpc) is 3.54. The van der Waals surface area contributed by atoms with Crippen molar-refractivity contribution in [2.45, 2.75) is 65.8 Å². The summed E-state index contributed by atoms with van der Waals surface area (Å²) in [5, 5.41) is 19.4. The molecule has 39 heavy (non-hydrogen) atoms. The number of fused-ring (bicyclic) bond motifs is 1. The van der Waals surface area contributed by atoms with Crippen molar-refractivity contribution in [2.24, 2.45) is 17.8 Å². The Labute approximate surface area is 228 Å². The van der Waals surface area contributed by atoms with E-state index < -0.39 is 5.97 Å². The Kier molecular flexibility index (Phi) is 7.50. The molecule has 1 unspecified atom stereocenters. The van der Waals surface area contributed by atoms with Gasteiger partial charge in [0.05, 0.1) is 11.4 Å². The SMILES string of the molecule is CC(C)CC(C)N(c1nn(-c2ccc(-c3cc4ncccn4n3)cc2)cc1C(=O)O)C(=O)[C@H]1CC[C@H](C)CC1. The van der Waals surface area contributed by atoms with E-state index in [0.717, 1.165) is 49.0 Å². The van der Waals surface area contributed by atoms with Crippen LogP contribution in [0.15, 0.2) is 55.0 Å². The summed E-state index contributed by atoms with van der Waals surface area (Å²) >= 11 is 0. The second-order valence-corrected chi connectivity index (χ2v) is 11.3. The minimum absolute atomic E-state index is 0.0152. The standard InChI is InChI=1S/C30H36N6O3/c1-19(2)16-21(4)36(29(37)23-8-6-20(3)7-9-23)28-25(30(38)39)18-35(33-28)24-12-10-22(11-13-24)26-17-27-31-14-5-15-34(27)32-26/h5,10-15,17-21,23H,6-9,16H2,1-4H3,(H,38,39)/t20-,21?,23-. The second kappa shape index (κ2) is 11.0. The van der Waals surface area contributed by atoms with E-state index >= 15 is 0 Å². The first kappa shape index (κ1) is 26.6. The van der Waals surface area contributed by atoms with Gasteiger partial charge in [0.15, 0.2) is 11.5 Å². The zero-order valence-corrected chi connectivity index (χ0v) is 23.0. The predicted octanol–water partition coefficient (Wildman–Crippen LogP) is 5.87. The van der Waals surface area contributed by atoms with E-state index in [0.29, 0.717) is 17.5 Å². The molecule has 1 atom stereocenters. The quantitative estimate of drug-likeness (QED) is 0.306. The van der Waals surface area contributed by atoms with Crippen LogP contribution in [0.1, 0.15) is 70.2 Å². The van der Waals surface area contributed by atoms with Gasteiger partial charge in [0.25, 0.3) is 0 Å². The van der Waals surface area contributed by atoms with E-state index in [4.69, 9.17) is 5.10 Å². The number of anilines is 1. The highest BCUT2D eigenvalue weighted by Crippen LogP contribution is 2.34. The van der Waals surface area contributed by atoms with Crippen LogP contribution in [0.3, 0.4) is 0 Å². The van der Waals surface area contributed by atoms with Gasteiger partial charge in [-0.1, -0.05) is 32.9 Å². The Balaban J connectivity index is 1.49. The molecule has 9 heteroatoms. The highest BCUT2D eigenvalue weighted by atomic mass is 16.4. The molecule has 5 rings (SSSR count). The summed E-state index contributed by atoms with van der Waals surface area (Å²) in [6, 6.07) is 11.2. The third-order valence-corrected chi connectivity index (χ3v) is 7.67. The Morgan fingerprint density at radius 2 is 1.79 bits per heavy atom. The van der Waals surface area contributed by atoms with E-state index in [-0.39, 0.29) is 29.2 Å². The van der Waals surface area contributed by atoms with Crippen LogP contribution in [0.4, 0.5) is 5.82 Å². The fourth-order valence-corrected chi connectivity index (χ4v) is 5.60. The van der Waals surface area contributed by atoms with Gasteiger partial charge in [0.1, 0.15) is 5.56 Å². The van der Waals surface area contributed by atoms with Crippen LogP contribution in [0.25, 0.3) is 22.6 Å². The predicted molar refractivity (Wildman–Crippen MR) is 150 cm³/mol. The van der Waals surface area contributed by atoms with Crippen molar-refractivity contribution in [1.29, 1.82) is 0 Å². The molecule has 0 bridgehead atoms. The van der Waals surface area contributed by atoms with Gasteiger partial charge < -0.3 is 5.11 Å². The smallest absolute Gasteiger partial charge is 0.341 e. The van der Waals surface area contributed by atoms with Crippen molar-refractivity contribution < 1.29 is 14.7 Å². The zero-order chi connectivity index (χ0) is 27.7. The molecule has 4 aromatic rings. The van der Waals surface area contributed by atoms with Gasteiger partial charge in [-0.2, -0.15) is 5.10 Å². The van der Waals surface area contributed by atoms with Crippen LogP contribution >= 0.6 is 0 Å². The first-order chi connectivity index (χ1) is 18.7. The van der Waals surface area contributed by atoms with Crippen molar-refractivity contribution in [1.82, 2.24) is 24.4 Å². The van der Waals surface area contributed by atoms with Crippen molar-refractivity contribution in [3.05, 3.63) is 60.6 Å². The molecule has 3 aromatic heterocycles. The summed E-state index contributed by atoms with van der Waals surface area (Å²) in [7, 11) is 0. The molecule has 0 radical (unpaired) electrons. The molecule has 3 heterocycles. The molecule has 1 aliphatic carbocycles. The van der Waals surface area contributed by atoms with Gasteiger partial charge in [0, 0.05) is 42.2 Å². The highest BCUT2D eigenvalue weighted by Gasteiger charge is 2.35. The average molecular weight is 529 g/mol. The van der Waals surface area contributed by atoms with Crippen LogP contribution in [-0.4, -0.2) is 47.4 Å². The van der Waals surface area contributed by atoms with Crippen LogP contribution in [0.5, 0.6) is 0 Å². The van der Waals surface area contributed by atoms with Gasteiger partial charge in [-0.05, 0) is 69.1 Å². The summed E-state index contributed by atoms with van der Waals surface area (Å²) < 4.78 is 3.28. The summed E-state index contributed by atoms with van der Waals surface area (Å²) in [6.45, 7) is 8.44. The zero-order valence-electron chi connectivity index (χ0n) is 23.0. The number of hydrogen-bond acceptors (Lipinski definition) is 5. The summed E-state index contributed by atoms with van der Waals surface area (Å²) in [5.41, 5.74) is 3.17. The Hall–Kier alpha value is -4.01. The lowest BCUT2D eigenvalue weighted by atomic mass is 9.82. The summed E-state index contributed by atoms with van der Waals surface area (Å²) in [6.07, 6.45) is 9.51. The van der Waals surface area contributed by atoms with Gasteiger partial charge in [-0.3, -0.25) is 9.69 Å². The Bertz CT molecular complexity index is 1430. The molecule has 9 nitrogen and oxygen atoms in total. The van der Waals surface area contributed by atoms with E-state index in [1.54, 1.807) is 20.3 Å². The second-order valence-electron chi connectivity index (χ2n) is 11.3. The summed E-state index contributed by atoms with van der Waals surface area (Å²) in [4.78, 5) is 32.3. The Morgan fingerprint density at radius 1 is 1.08 bits per heavy atom. The molecule has 0 saturated heterocycles. The number of carbonyl (C=O) groups excluding carboxylic acids is 1. The maximum absolute atomic E-state index is 13.9. The summed E-state index contributed by atoms with van der Waals surface area (Å²) in [5.74, 6) is -0.0457. The lowest BCUT2D eigenvalue weighted by Crippen LogP contribution is -2.44. The van der Waals surface area contributed by atoms with Gasteiger partial charge in [-0.25, -0.2) is 19.0 Å². The van der Waals surface area contributed by atoms with Gasteiger partial charge in [0.2, 0.25) is 5.91 Å². The number of nitrogens with zero attached hydrogens (tertiary/aromatic N) is 6. The lowest BCUT2D eigenvalue weighted by molar-refractivity contribution is -0.124. The van der Waals surface area contributed by atoms with Crippen LogP contribution < -0.4 is 4.90 Å². The van der Waals surface area contributed by atoms with Crippen molar-refractivity contribution in [3.63, 3.8) is 0 Å². The molecular formula is C30H36N6O3. The number of benzene rings is 1. The first-order valence-electron chi connectivity index (χ1n) is 13.8. The van der Waals surface area contributed by atoms with Crippen molar-refractivity contribution in [2.75, 3.05) is 4.90 Å². The van der Waals surface area contributed by atoms with Crippen molar-refractivity contribution >= 4 is 23.3 Å². The maximum atomic E-state index is 13.9. The maximum Gasteiger partial charge on any atom is 0.341 e.